The van der Waals surface area contributed by atoms with Gasteiger partial charge in [-0.1, -0.05) is 24.3 Å². The van der Waals surface area contributed by atoms with Gasteiger partial charge in [-0.05, 0) is 90.8 Å². The topological polar surface area (TPSA) is 164 Å². The fourth-order valence-electron chi connectivity index (χ4n) is 7.51. The number of ketones is 1. The maximum atomic E-state index is 14.4. The second kappa shape index (κ2) is 24.4. The number of anilines is 3. The molecule has 7 aromatic rings. The lowest BCUT2D eigenvalue weighted by Gasteiger charge is -2.38. The number of rotatable bonds is 12. The Morgan fingerprint density at radius 3 is 1.55 bits per heavy atom. The molecule has 1 amide bonds. The van der Waals surface area contributed by atoms with Crippen molar-refractivity contribution in [1.29, 1.82) is 0 Å². The molecule has 5 N–H and O–H groups in total. The third kappa shape index (κ3) is 14.6. The fraction of sp³-hybridized carbons (Fsp3) is 0.240. The summed E-state index contributed by atoms with van der Waals surface area (Å²) in [6, 6.07) is 24.1. The minimum Gasteiger partial charge on any atom is -0.410 e. The molecule has 0 aliphatic carbocycles. The Labute approximate surface area is 430 Å². The molecule has 2 aromatic heterocycles. The van der Waals surface area contributed by atoms with Crippen molar-refractivity contribution in [3.05, 3.63) is 179 Å². The van der Waals surface area contributed by atoms with E-state index in [4.69, 9.17) is 10.5 Å². The van der Waals surface area contributed by atoms with Crippen molar-refractivity contribution in [2.75, 3.05) is 41.3 Å². The summed E-state index contributed by atoms with van der Waals surface area (Å²) < 4.78 is 165. The third-order valence-electron chi connectivity index (χ3n) is 11.3. The van der Waals surface area contributed by atoms with Crippen molar-refractivity contribution in [2.45, 2.75) is 50.4 Å². The molecule has 2 aliphatic rings. The maximum absolute atomic E-state index is 14.4. The van der Waals surface area contributed by atoms with Crippen molar-refractivity contribution in [2.24, 2.45) is 5.73 Å². The molecule has 9 rings (SSSR count). The van der Waals surface area contributed by atoms with Gasteiger partial charge < -0.3 is 30.5 Å². The summed E-state index contributed by atoms with van der Waals surface area (Å²) in [5.74, 6) is -5.61. The van der Waals surface area contributed by atoms with Crippen LogP contribution in [0.2, 0.25) is 0 Å². The normalized spacial score (nSPS) is 13.6. The van der Waals surface area contributed by atoms with E-state index in [-0.39, 0.29) is 66.8 Å². The molecule has 0 saturated carbocycles. The molecule has 2 aliphatic heterocycles. The lowest BCUT2D eigenvalue weighted by Crippen LogP contribution is -2.51. The van der Waals surface area contributed by atoms with Crippen molar-refractivity contribution < 1.29 is 77.2 Å². The molecule has 2 fully saturated rings. The molecule has 26 heteroatoms. The second-order valence-corrected chi connectivity index (χ2v) is 16.9. The molecular formula is C50H43ClF12N8O5. The number of para-hydroxylation sites is 1. The number of aryl methyl sites for hydroxylation is 1. The minimum atomic E-state index is -4.77. The average molecular weight is 1100 g/mol. The summed E-state index contributed by atoms with van der Waals surface area (Å²) in [4.78, 5) is 27.6. The number of aliphatic hydroxyl groups excluding tert-OH is 2. The van der Waals surface area contributed by atoms with E-state index in [0.717, 1.165) is 57.9 Å². The molecule has 5 aromatic carbocycles. The smallest absolute Gasteiger partial charge is 0.410 e. The van der Waals surface area contributed by atoms with E-state index in [2.05, 4.69) is 15.5 Å². The molecule has 76 heavy (non-hydrogen) atoms. The molecule has 2 saturated heterocycles. The van der Waals surface area contributed by atoms with Crippen LogP contribution in [0.15, 0.2) is 115 Å². The van der Waals surface area contributed by atoms with Gasteiger partial charge in [-0.2, -0.15) is 36.5 Å². The number of carbonyl (C=O) groups is 2. The number of hydrogen-bond acceptors (Lipinski definition) is 10. The van der Waals surface area contributed by atoms with E-state index in [0.29, 0.717) is 54.6 Å². The van der Waals surface area contributed by atoms with Gasteiger partial charge in [0.2, 0.25) is 0 Å². The third-order valence-corrected chi connectivity index (χ3v) is 11.3. The number of nitrogens with two attached hydrogens (primary N) is 1. The zero-order valence-corrected chi connectivity index (χ0v) is 39.9. The highest BCUT2D eigenvalue weighted by molar-refractivity contribution is 5.86. The molecular weight excluding hydrogens is 1060 g/mol. The highest BCUT2D eigenvalue weighted by atomic mass is 35.5. The zero-order chi connectivity index (χ0) is 54.4. The van der Waals surface area contributed by atoms with Gasteiger partial charge in [0, 0.05) is 69.1 Å². The van der Waals surface area contributed by atoms with Crippen LogP contribution in [0, 0.1) is 34.9 Å². The fourth-order valence-corrected chi connectivity index (χ4v) is 7.51. The van der Waals surface area contributed by atoms with Crippen molar-refractivity contribution in [3.8, 4) is 17.1 Å². The first-order valence-corrected chi connectivity index (χ1v) is 22.4. The molecule has 0 unspecified atom stereocenters. The maximum Gasteiger partial charge on any atom is 0.435 e. The summed E-state index contributed by atoms with van der Waals surface area (Å²) >= 11 is 0. The van der Waals surface area contributed by atoms with E-state index < -0.39 is 76.9 Å². The van der Waals surface area contributed by atoms with Crippen LogP contribution in [0.4, 0.5) is 74.5 Å². The second-order valence-electron chi connectivity index (χ2n) is 16.9. The number of hydrogen-bond donors (Lipinski definition) is 4. The van der Waals surface area contributed by atoms with Gasteiger partial charge >= 0.3 is 18.4 Å². The Morgan fingerprint density at radius 1 is 0.605 bits per heavy atom. The van der Waals surface area contributed by atoms with E-state index in [1.807, 2.05) is 6.07 Å². The van der Waals surface area contributed by atoms with Crippen LogP contribution >= 0.6 is 12.4 Å². The number of nitrogens with zero attached hydrogens (tertiary/aromatic N) is 6. The monoisotopic (exact) mass is 1100 g/mol. The first-order valence-electron chi connectivity index (χ1n) is 22.4. The van der Waals surface area contributed by atoms with Gasteiger partial charge in [-0.15, -0.1) is 12.4 Å². The zero-order valence-electron chi connectivity index (χ0n) is 39.1. The van der Waals surface area contributed by atoms with Crippen molar-refractivity contribution in [1.82, 2.24) is 19.6 Å². The Hall–Kier alpha value is -7.61. The van der Waals surface area contributed by atoms with Gasteiger partial charge in [-0.25, -0.2) is 40.5 Å². The van der Waals surface area contributed by atoms with Crippen LogP contribution in [0.3, 0.4) is 0 Å². The number of aliphatic hydroxyl groups is 2. The quantitative estimate of drug-likeness (QED) is 0.0867. The van der Waals surface area contributed by atoms with Gasteiger partial charge in [0.25, 0.3) is 0 Å². The van der Waals surface area contributed by atoms with Crippen LogP contribution < -0.4 is 25.6 Å². The number of halogens is 13. The van der Waals surface area contributed by atoms with Crippen molar-refractivity contribution >= 4 is 41.3 Å². The van der Waals surface area contributed by atoms with Gasteiger partial charge in [0.05, 0.1) is 40.7 Å². The van der Waals surface area contributed by atoms with Gasteiger partial charge in [0.15, 0.2) is 34.7 Å². The van der Waals surface area contributed by atoms with Gasteiger partial charge in [-0.3, -0.25) is 10.1 Å². The first-order chi connectivity index (χ1) is 35.4. The number of amides is 1. The molecule has 13 nitrogen and oxygen atoms in total. The molecule has 4 heterocycles. The summed E-state index contributed by atoms with van der Waals surface area (Å²) in [5, 5.41) is 27.8. The largest absolute Gasteiger partial charge is 0.435 e. The minimum absolute atomic E-state index is 0. The SMILES string of the molecule is Cl.NCc1cc(C(F)(F)F)nn1-c1ccc(F)c(F)c1.O=C(CCc1cc(C(F)(F)F)nn1-c1ccc(F)c(F)c1)Cc1ccc(N2CC(O)C2)c(F)c1.O=C(Nc1ccc(N2CC(O)C2)c(F)c1)Oc1ccccc1. The Bertz CT molecular complexity index is 3150. The summed E-state index contributed by atoms with van der Waals surface area (Å²) in [6.45, 7) is 1.25. The predicted molar refractivity (Wildman–Crippen MR) is 254 cm³/mol. The number of ether oxygens (including phenoxy) is 1. The summed E-state index contributed by atoms with van der Waals surface area (Å²) in [6.07, 6.45) is -11.4. The van der Waals surface area contributed by atoms with Crippen LogP contribution in [-0.2, 0) is 36.5 Å². The van der Waals surface area contributed by atoms with Crippen LogP contribution in [0.25, 0.3) is 11.4 Å². The lowest BCUT2D eigenvalue weighted by molar-refractivity contribution is -0.142. The van der Waals surface area contributed by atoms with Gasteiger partial charge in [0.1, 0.15) is 23.2 Å². The summed E-state index contributed by atoms with van der Waals surface area (Å²) in [7, 11) is 0. The standard InChI is InChI=1S/C23H19F6N3O2.C16H15FN2O3.C11H8F5N3.ClH/c24-18-5-3-14(9-19(18)25)32-15(10-22(30-32)23(27,28)29)2-4-16(33)7-13-1-6-21(20(26)8-13)31-11-17(34)12-31;17-14-8-11(6-7-15(14)19-9-12(20)10-19)18-16(21)22-13-4-2-1-3-5-13;12-8-2-1-6(3-9(8)13)19-7(5-17)4-10(18-19)11(14,15)16;/h1,3,5-6,8-10,17,34H,2,4,7,11-12H2;1-8,12,20H,9-10H2,(H,18,21);1-4H,5,17H2;1H. The van der Waals surface area contributed by atoms with E-state index in [1.54, 1.807) is 52.3 Å². The van der Waals surface area contributed by atoms with E-state index >= 15 is 0 Å². The van der Waals surface area contributed by atoms with Crippen molar-refractivity contribution in [3.63, 3.8) is 0 Å². The number of benzene rings is 5. The number of alkyl halides is 6. The number of nitrogens with one attached hydrogen (secondary N) is 1. The average Bonchev–Trinajstić information content (AvgIpc) is 3.98. The molecule has 0 bridgehead atoms. The Morgan fingerprint density at radius 2 is 1.09 bits per heavy atom. The number of Topliss-reactive ketones (excluding diaryl/α,β-unsaturated/α-hetero) is 1. The van der Waals surface area contributed by atoms with Crippen LogP contribution in [-0.4, -0.2) is 80.0 Å². The Balaban J connectivity index is 0.000000194. The molecule has 0 radical (unpaired) electrons. The lowest BCUT2D eigenvalue weighted by atomic mass is 10.0. The van der Waals surface area contributed by atoms with E-state index in [1.165, 1.54) is 18.2 Å². The number of aromatic nitrogens is 4. The number of carbonyl (C=O) groups excluding carboxylic acids is 2. The van der Waals surface area contributed by atoms with E-state index in [9.17, 15) is 72.5 Å². The number of β-amino-alcohol motifs (C(OH)–C–C–N with tert-alkyl or cyclic N) is 2. The molecule has 0 atom stereocenters. The highest BCUT2D eigenvalue weighted by Crippen LogP contribution is 2.33. The molecule has 0 spiro atoms. The highest BCUT2D eigenvalue weighted by Gasteiger charge is 2.36. The first kappa shape index (κ1) is 57.7. The van der Waals surface area contributed by atoms with Crippen LogP contribution in [0.5, 0.6) is 5.75 Å². The summed E-state index contributed by atoms with van der Waals surface area (Å²) in [5.41, 5.74) is 4.26. The molecule has 404 valence electrons. The Kier molecular flexibility index (Phi) is 18.5. The van der Waals surface area contributed by atoms with Crippen LogP contribution in [0.1, 0.15) is 34.8 Å². The predicted octanol–water partition coefficient (Wildman–Crippen LogP) is 9.90.